The Balaban J connectivity index is 2.48. The van der Waals surface area contributed by atoms with Crippen molar-refractivity contribution in [3.63, 3.8) is 0 Å². The van der Waals surface area contributed by atoms with Gasteiger partial charge in [-0.2, -0.15) is 0 Å². The maximum atomic E-state index is 11.7. The lowest BCUT2D eigenvalue weighted by Gasteiger charge is -2.23. The third-order valence-corrected chi connectivity index (χ3v) is 2.38. The Morgan fingerprint density at radius 3 is 2.45 bits per heavy atom. The van der Waals surface area contributed by atoms with Gasteiger partial charge in [0.2, 0.25) is 5.91 Å². The van der Waals surface area contributed by atoms with Crippen molar-refractivity contribution in [1.29, 1.82) is 0 Å². The highest BCUT2D eigenvalue weighted by Gasteiger charge is 2.31. The molecule has 20 heavy (non-hydrogen) atoms. The molecule has 0 aliphatic carbocycles. The summed E-state index contributed by atoms with van der Waals surface area (Å²) in [4.78, 5) is 46.7. The Labute approximate surface area is 116 Å². The van der Waals surface area contributed by atoms with Crippen LogP contribution in [0.4, 0.5) is 4.79 Å². The molecular formula is C12H19N3O5. The molecule has 1 heterocycles. The molecule has 1 aliphatic rings. The Morgan fingerprint density at radius 1 is 1.40 bits per heavy atom. The number of carbonyl (C=O) groups is 4. The number of ether oxygens (including phenoxy) is 1. The second kappa shape index (κ2) is 5.89. The normalized spacial score (nSPS) is 16.7. The molecule has 0 spiro atoms. The van der Waals surface area contributed by atoms with Crippen molar-refractivity contribution in [3.8, 4) is 0 Å². The zero-order valence-electron chi connectivity index (χ0n) is 12.0. The van der Waals surface area contributed by atoms with Crippen LogP contribution in [0.3, 0.4) is 0 Å². The van der Waals surface area contributed by atoms with Gasteiger partial charge in [-0.3, -0.25) is 14.5 Å². The number of urea groups is 1. The molecule has 8 nitrogen and oxygen atoms in total. The second-order valence-corrected chi connectivity index (χ2v) is 5.46. The van der Waals surface area contributed by atoms with Crippen LogP contribution >= 0.6 is 0 Å². The predicted octanol–water partition coefficient (Wildman–Crippen LogP) is -0.615. The number of hydrogen-bond donors (Lipinski definition) is 2. The van der Waals surface area contributed by atoms with Crippen LogP contribution in [0, 0.1) is 0 Å². The minimum absolute atomic E-state index is 0.117. The van der Waals surface area contributed by atoms with E-state index in [9.17, 15) is 19.2 Å². The maximum absolute atomic E-state index is 11.7. The zero-order valence-corrected chi connectivity index (χ0v) is 12.0. The summed E-state index contributed by atoms with van der Waals surface area (Å²) >= 11 is 0. The van der Waals surface area contributed by atoms with Crippen LogP contribution < -0.4 is 10.6 Å². The second-order valence-electron chi connectivity index (χ2n) is 5.46. The third kappa shape index (κ3) is 4.52. The van der Waals surface area contributed by atoms with E-state index >= 15 is 0 Å². The predicted molar refractivity (Wildman–Crippen MR) is 68.6 cm³/mol. The molecule has 1 fully saturated rings. The van der Waals surface area contributed by atoms with E-state index in [1.54, 1.807) is 20.8 Å². The van der Waals surface area contributed by atoms with Crippen molar-refractivity contribution < 1.29 is 23.9 Å². The first-order valence-electron chi connectivity index (χ1n) is 6.20. The first-order valence-corrected chi connectivity index (χ1v) is 6.20. The van der Waals surface area contributed by atoms with Gasteiger partial charge in [0.1, 0.15) is 18.2 Å². The van der Waals surface area contributed by atoms with E-state index < -0.39 is 42.0 Å². The molecule has 0 saturated carbocycles. The molecule has 8 heteroatoms. The highest BCUT2D eigenvalue weighted by atomic mass is 16.6. The van der Waals surface area contributed by atoms with Crippen LogP contribution in [0.25, 0.3) is 0 Å². The monoisotopic (exact) mass is 285 g/mol. The average molecular weight is 285 g/mol. The molecule has 4 amide bonds. The van der Waals surface area contributed by atoms with Crippen molar-refractivity contribution in [3.05, 3.63) is 0 Å². The zero-order chi connectivity index (χ0) is 15.5. The standard InChI is InChI=1S/C12H19N3O5/c1-7(10(18)20-12(2,3)4)14-8(16)6-15-9(17)5-13-11(15)19/h7H,5-6H2,1-4H3,(H,13,19)(H,14,16)/t7-/m1/s1. The lowest BCUT2D eigenvalue weighted by atomic mass is 10.2. The molecule has 0 unspecified atom stereocenters. The summed E-state index contributed by atoms with van der Waals surface area (Å²) in [6.45, 7) is 6.08. The average Bonchev–Trinajstić information content (AvgIpc) is 2.58. The third-order valence-electron chi connectivity index (χ3n) is 2.38. The molecular weight excluding hydrogens is 266 g/mol. The molecule has 1 aliphatic heterocycles. The van der Waals surface area contributed by atoms with Gasteiger partial charge in [0.05, 0.1) is 6.54 Å². The van der Waals surface area contributed by atoms with Crippen molar-refractivity contribution in [1.82, 2.24) is 15.5 Å². The van der Waals surface area contributed by atoms with Crippen molar-refractivity contribution in [2.45, 2.75) is 39.3 Å². The number of imide groups is 1. The van der Waals surface area contributed by atoms with Gasteiger partial charge >= 0.3 is 12.0 Å². The molecule has 0 aromatic heterocycles. The minimum Gasteiger partial charge on any atom is -0.458 e. The summed E-state index contributed by atoms with van der Waals surface area (Å²) in [5.74, 6) is -1.66. The highest BCUT2D eigenvalue weighted by Crippen LogP contribution is 2.08. The summed E-state index contributed by atoms with van der Waals surface area (Å²) in [5, 5.41) is 4.68. The molecule has 112 valence electrons. The van der Waals surface area contributed by atoms with Crippen molar-refractivity contribution in [2.24, 2.45) is 0 Å². The highest BCUT2D eigenvalue weighted by molar-refractivity contribution is 6.04. The van der Waals surface area contributed by atoms with Crippen molar-refractivity contribution in [2.75, 3.05) is 13.1 Å². The van der Waals surface area contributed by atoms with Crippen LogP contribution in [0.1, 0.15) is 27.7 Å². The van der Waals surface area contributed by atoms with E-state index in [-0.39, 0.29) is 6.54 Å². The fourth-order valence-electron chi connectivity index (χ4n) is 1.50. The lowest BCUT2D eigenvalue weighted by Crippen LogP contribution is -2.47. The minimum atomic E-state index is -0.859. The van der Waals surface area contributed by atoms with Crippen LogP contribution in [0.2, 0.25) is 0 Å². The van der Waals surface area contributed by atoms with Crippen molar-refractivity contribution >= 4 is 23.8 Å². The van der Waals surface area contributed by atoms with Gasteiger partial charge in [-0.25, -0.2) is 9.59 Å². The molecule has 1 rings (SSSR count). The Kier molecular flexibility index (Phi) is 4.69. The van der Waals surface area contributed by atoms with Crippen LogP contribution in [0.5, 0.6) is 0 Å². The van der Waals surface area contributed by atoms with Gasteiger partial charge in [0.15, 0.2) is 0 Å². The summed E-state index contributed by atoms with van der Waals surface area (Å²) in [6.07, 6.45) is 0. The van der Waals surface area contributed by atoms with E-state index in [4.69, 9.17) is 4.74 Å². The van der Waals surface area contributed by atoms with Gasteiger partial charge in [0, 0.05) is 0 Å². The molecule has 0 bridgehead atoms. The summed E-state index contributed by atoms with van der Waals surface area (Å²) < 4.78 is 5.10. The fraction of sp³-hybridized carbons (Fsp3) is 0.667. The number of nitrogens with one attached hydrogen (secondary N) is 2. The van der Waals surface area contributed by atoms with E-state index in [1.165, 1.54) is 6.92 Å². The van der Waals surface area contributed by atoms with Crippen LogP contribution in [0.15, 0.2) is 0 Å². The number of hydrogen-bond acceptors (Lipinski definition) is 5. The topological polar surface area (TPSA) is 105 Å². The number of carbonyl (C=O) groups excluding carboxylic acids is 4. The van der Waals surface area contributed by atoms with Gasteiger partial charge in [-0.1, -0.05) is 0 Å². The SMILES string of the molecule is C[C@@H](NC(=O)CN1C(=O)CNC1=O)C(=O)OC(C)(C)C. The molecule has 0 radical (unpaired) electrons. The summed E-state index contributed by atoms with van der Waals surface area (Å²) in [5.41, 5.74) is -0.652. The number of amides is 4. The molecule has 2 N–H and O–H groups in total. The fourth-order valence-corrected chi connectivity index (χ4v) is 1.50. The molecule has 0 aromatic rings. The first-order chi connectivity index (χ1) is 9.10. The van der Waals surface area contributed by atoms with E-state index in [0.29, 0.717) is 0 Å². The van der Waals surface area contributed by atoms with Gasteiger partial charge in [-0.15, -0.1) is 0 Å². The quantitative estimate of drug-likeness (QED) is 0.529. The van der Waals surface area contributed by atoms with Gasteiger partial charge in [0.25, 0.3) is 5.91 Å². The number of rotatable bonds is 4. The number of nitrogens with zero attached hydrogens (tertiary/aromatic N) is 1. The maximum Gasteiger partial charge on any atom is 0.328 e. The van der Waals surface area contributed by atoms with Gasteiger partial charge in [-0.05, 0) is 27.7 Å². The Morgan fingerprint density at radius 2 is 2.00 bits per heavy atom. The Hall–Kier alpha value is -2.12. The summed E-state index contributed by atoms with van der Waals surface area (Å²) in [6, 6.07) is -1.47. The van der Waals surface area contributed by atoms with E-state index in [1.807, 2.05) is 0 Å². The Bertz CT molecular complexity index is 425. The summed E-state index contributed by atoms with van der Waals surface area (Å²) in [7, 11) is 0. The molecule has 1 saturated heterocycles. The molecule has 0 aromatic carbocycles. The smallest absolute Gasteiger partial charge is 0.328 e. The largest absolute Gasteiger partial charge is 0.458 e. The first kappa shape index (κ1) is 15.9. The van der Waals surface area contributed by atoms with Crippen LogP contribution in [-0.4, -0.2) is 53.4 Å². The van der Waals surface area contributed by atoms with Gasteiger partial charge < -0.3 is 15.4 Å². The van der Waals surface area contributed by atoms with Crippen LogP contribution in [-0.2, 0) is 19.1 Å². The number of esters is 1. The van der Waals surface area contributed by atoms with E-state index in [0.717, 1.165) is 4.90 Å². The lowest BCUT2D eigenvalue weighted by molar-refractivity contribution is -0.158. The molecule has 1 atom stereocenters. The van der Waals surface area contributed by atoms with E-state index in [2.05, 4.69) is 10.6 Å².